The van der Waals surface area contributed by atoms with Gasteiger partial charge in [0.05, 0.1) is 10.6 Å². The van der Waals surface area contributed by atoms with Gasteiger partial charge in [-0.3, -0.25) is 14.6 Å². The Morgan fingerprint density at radius 3 is 2.54 bits per heavy atom. The Balaban J connectivity index is 1.39. The molecule has 5 nitrogen and oxygen atoms in total. The average Bonchev–Trinajstić information content (AvgIpc) is 3.35. The topological polar surface area (TPSA) is 65.0 Å². The van der Waals surface area contributed by atoms with Gasteiger partial charge in [0.25, 0.3) is 0 Å². The van der Waals surface area contributed by atoms with Crippen LogP contribution in [-0.2, 0) is 19.1 Å². The van der Waals surface area contributed by atoms with Gasteiger partial charge in [-0.05, 0) is 80.2 Å². The Labute approximate surface area is 223 Å². The number of aliphatic imine (C=N–C) groups is 1. The molecule has 0 unspecified atom stereocenters. The number of fused-ring (bicyclic) bond motifs is 4. The third kappa shape index (κ3) is 3.81. The summed E-state index contributed by atoms with van der Waals surface area (Å²) in [6.07, 6.45) is 7.71. The smallest absolute Gasteiger partial charge is 0.302 e. The number of nitrogens with zero attached hydrogens (tertiary/aromatic N) is 1. The van der Waals surface area contributed by atoms with Crippen LogP contribution in [0.15, 0.2) is 29.3 Å². The third-order valence-electron chi connectivity index (χ3n) is 11.0. The van der Waals surface area contributed by atoms with Crippen molar-refractivity contribution in [3.8, 4) is 0 Å². The van der Waals surface area contributed by atoms with E-state index in [0.29, 0.717) is 17.8 Å². The van der Waals surface area contributed by atoms with Gasteiger partial charge in [-0.2, -0.15) is 0 Å². The van der Waals surface area contributed by atoms with Crippen molar-refractivity contribution in [2.75, 3.05) is 0 Å². The number of thioether (sulfide) groups is 1. The van der Waals surface area contributed by atoms with E-state index in [9.17, 15) is 14.0 Å². The Morgan fingerprint density at radius 1 is 1.03 bits per heavy atom. The molecule has 0 radical (unpaired) electrons. The molecule has 4 saturated carbocycles. The number of benzene rings is 1. The van der Waals surface area contributed by atoms with Crippen LogP contribution in [0.5, 0.6) is 0 Å². The fourth-order valence-corrected chi connectivity index (χ4v) is 11.1. The van der Waals surface area contributed by atoms with Gasteiger partial charge in [0.2, 0.25) is 0 Å². The average molecular weight is 528 g/mol. The molecule has 6 rings (SSSR count). The Hall–Kier alpha value is -1.89. The highest BCUT2D eigenvalue weighted by molar-refractivity contribution is 8.15. The number of esters is 2. The molecule has 0 amide bonds. The Kier molecular flexibility index (Phi) is 6.05. The second kappa shape index (κ2) is 8.82. The molecule has 1 heterocycles. The highest BCUT2D eigenvalue weighted by Gasteiger charge is 2.70. The molecule has 1 aliphatic heterocycles. The first kappa shape index (κ1) is 25.4. The highest BCUT2D eigenvalue weighted by Crippen LogP contribution is 2.71. The zero-order valence-electron chi connectivity index (χ0n) is 22.3. The second-order valence-corrected chi connectivity index (χ2v) is 13.9. The van der Waals surface area contributed by atoms with Crippen molar-refractivity contribution < 1.29 is 23.5 Å². The molecule has 4 fully saturated rings. The van der Waals surface area contributed by atoms with Crippen molar-refractivity contribution in [1.82, 2.24) is 0 Å². The molecule has 0 saturated heterocycles. The van der Waals surface area contributed by atoms with Crippen LogP contribution in [0, 0.1) is 34.4 Å². The molecule has 5 aliphatic rings. The monoisotopic (exact) mass is 527 g/mol. The zero-order valence-corrected chi connectivity index (χ0v) is 23.1. The summed E-state index contributed by atoms with van der Waals surface area (Å²) in [5, 5.41) is 1.18. The molecule has 4 aliphatic carbocycles. The molecule has 1 spiro atoms. The quantitative estimate of drug-likeness (QED) is 0.430. The molecule has 0 N–H and O–H groups in total. The standard InChI is InChI=1S/C30H38FNO4S/c1-17(33)35-21-10-13-29(4)24-11-12-28(3)23(8-9-25(28)36-18(2)34)22(24)15-26-30(29,16-21)32-27(37-26)19-6-5-7-20(31)14-19/h5-7,14,21-26H,8-13,15-16H2,1-4H3/t21-,22+,23+,24+,25+,26+,28+,29-,30+/m1/s1. The van der Waals surface area contributed by atoms with Gasteiger partial charge in [-0.15, -0.1) is 11.8 Å². The van der Waals surface area contributed by atoms with Crippen LogP contribution in [0.3, 0.4) is 0 Å². The van der Waals surface area contributed by atoms with Crippen molar-refractivity contribution in [2.45, 2.75) is 102 Å². The largest absolute Gasteiger partial charge is 0.462 e. The van der Waals surface area contributed by atoms with E-state index in [0.717, 1.165) is 62.0 Å². The minimum atomic E-state index is -0.333. The normalized spacial score (nSPS) is 44.1. The maximum Gasteiger partial charge on any atom is 0.302 e. The number of carbonyl (C=O) groups is 2. The molecule has 7 heteroatoms. The molecule has 200 valence electrons. The van der Waals surface area contributed by atoms with Crippen molar-refractivity contribution >= 4 is 28.7 Å². The van der Waals surface area contributed by atoms with E-state index in [4.69, 9.17) is 14.5 Å². The van der Waals surface area contributed by atoms with Gasteiger partial charge in [0.15, 0.2) is 0 Å². The third-order valence-corrected chi connectivity index (χ3v) is 12.4. The lowest BCUT2D eigenvalue weighted by molar-refractivity contribution is -0.169. The van der Waals surface area contributed by atoms with Crippen LogP contribution in [0.2, 0.25) is 0 Å². The van der Waals surface area contributed by atoms with Crippen LogP contribution in [-0.4, -0.2) is 40.0 Å². The molecular formula is C30H38FNO4S. The number of ether oxygens (including phenoxy) is 2. The summed E-state index contributed by atoms with van der Waals surface area (Å²) >= 11 is 1.81. The van der Waals surface area contributed by atoms with Gasteiger partial charge in [-0.1, -0.05) is 26.0 Å². The van der Waals surface area contributed by atoms with Crippen LogP contribution >= 0.6 is 11.8 Å². The minimum absolute atomic E-state index is 0.00507. The lowest BCUT2D eigenvalue weighted by Gasteiger charge is -2.65. The Morgan fingerprint density at radius 2 is 1.81 bits per heavy atom. The van der Waals surface area contributed by atoms with Gasteiger partial charge < -0.3 is 9.47 Å². The number of hydrogen-bond acceptors (Lipinski definition) is 6. The molecular weight excluding hydrogens is 489 g/mol. The Bertz CT molecular complexity index is 1160. The number of rotatable bonds is 3. The molecule has 0 aromatic heterocycles. The highest BCUT2D eigenvalue weighted by atomic mass is 32.2. The van der Waals surface area contributed by atoms with Crippen molar-refractivity contribution in [1.29, 1.82) is 0 Å². The maximum atomic E-state index is 14.2. The first-order chi connectivity index (χ1) is 17.6. The lowest BCUT2D eigenvalue weighted by atomic mass is 9.42. The summed E-state index contributed by atoms with van der Waals surface area (Å²) < 4.78 is 25.9. The first-order valence-electron chi connectivity index (χ1n) is 13.9. The fraction of sp³-hybridized carbons (Fsp3) is 0.700. The summed E-state index contributed by atoms with van der Waals surface area (Å²) in [6, 6.07) is 6.78. The van der Waals surface area contributed by atoms with Gasteiger partial charge in [-0.25, -0.2) is 4.39 Å². The summed E-state index contributed by atoms with van der Waals surface area (Å²) in [6.45, 7) is 7.82. The van der Waals surface area contributed by atoms with E-state index in [-0.39, 0.29) is 51.6 Å². The summed E-state index contributed by atoms with van der Waals surface area (Å²) in [5.74, 6) is 0.937. The van der Waals surface area contributed by atoms with E-state index in [1.54, 1.807) is 12.1 Å². The summed E-state index contributed by atoms with van der Waals surface area (Å²) in [7, 11) is 0. The predicted octanol–water partition coefficient (Wildman–Crippen LogP) is 6.33. The molecule has 1 aromatic carbocycles. The molecule has 0 bridgehead atoms. The van der Waals surface area contributed by atoms with Gasteiger partial charge >= 0.3 is 11.9 Å². The first-order valence-corrected chi connectivity index (χ1v) is 14.8. The van der Waals surface area contributed by atoms with E-state index in [1.165, 1.54) is 19.9 Å². The van der Waals surface area contributed by atoms with Crippen molar-refractivity contribution in [3.05, 3.63) is 35.6 Å². The van der Waals surface area contributed by atoms with Crippen molar-refractivity contribution in [2.24, 2.45) is 33.6 Å². The lowest BCUT2D eigenvalue weighted by Crippen LogP contribution is -2.66. The van der Waals surface area contributed by atoms with Crippen LogP contribution in [0.25, 0.3) is 0 Å². The summed E-state index contributed by atoms with van der Waals surface area (Å²) in [4.78, 5) is 29.3. The van der Waals surface area contributed by atoms with Crippen LogP contribution in [0.4, 0.5) is 4.39 Å². The minimum Gasteiger partial charge on any atom is -0.462 e. The number of carbonyl (C=O) groups excluding carboxylic acids is 2. The van der Waals surface area contributed by atoms with E-state index in [1.807, 2.05) is 17.8 Å². The summed E-state index contributed by atoms with van der Waals surface area (Å²) in [5.41, 5.74) is 0.503. The van der Waals surface area contributed by atoms with Crippen molar-refractivity contribution in [3.63, 3.8) is 0 Å². The fourth-order valence-electron chi connectivity index (χ4n) is 9.38. The molecule has 1 aromatic rings. The van der Waals surface area contributed by atoms with E-state index in [2.05, 4.69) is 13.8 Å². The maximum absolute atomic E-state index is 14.2. The molecule has 9 atom stereocenters. The SMILES string of the molecule is CC(=O)O[C@@H]1CC[C@]2(C)[C@H]3CC[C@]4(C)[C@@H](OC(C)=O)CC[C@H]4[C@@H]3C[C@@H]3SC(c4cccc(F)c4)=N[C@@]32C1. The number of halogens is 1. The zero-order chi connectivity index (χ0) is 26.2. The van der Waals surface area contributed by atoms with Crippen LogP contribution in [0.1, 0.15) is 84.6 Å². The van der Waals surface area contributed by atoms with Gasteiger partial charge in [0, 0.05) is 36.5 Å². The number of hydrogen-bond donors (Lipinski definition) is 0. The van der Waals surface area contributed by atoms with Crippen LogP contribution < -0.4 is 0 Å². The van der Waals surface area contributed by atoms with E-state index < -0.39 is 0 Å². The second-order valence-electron chi connectivity index (χ2n) is 12.7. The van der Waals surface area contributed by atoms with Gasteiger partial charge in [0.1, 0.15) is 18.0 Å². The van der Waals surface area contributed by atoms with E-state index >= 15 is 0 Å². The predicted molar refractivity (Wildman–Crippen MR) is 142 cm³/mol. The molecule has 37 heavy (non-hydrogen) atoms.